The summed E-state index contributed by atoms with van der Waals surface area (Å²) in [6.45, 7) is 8.92. The first-order valence-corrected chi connectivity index (χ1v) is 8.85. The van der Waals surface area contributed by atoms with Gasteiger partial charge in [-0.1, -0.05) is 35.4 Å². The molecule has 0 aromatic heterocycles. The largest absolute Gasteiger partial charge is 0.449 e. The van der Waals surface area contributed by atoms with E-state index in [0.29, 0.717) is 11.0 Å². The first-order valence-electron chi connectivity index (χ1n) is 6.47. The minimum atomic E-state index is -0.843. The third-order valence-corrected chi connectivity index (χ3v) is 4.71. The molecule has 0 aliphatic rings. The molecule has 0 rings (SSSR count). The number of carbonyl (C=O) groups excluding carboxylic acids is 2. The van der Waals surface area contributed by atoms with Crippen molar-refractivity contribution in [2.24, 2.45) is 0 Å². The molecule has 21 heavy (non-hydrogen) atoms. The van der Waals surface area contributed by atoms with Crippen LogP contribution in [0.1, 0.15) is 34.6 Å². The first-order chi connectivity index (χ1) is 9.65. The van der Waals surface area contributed by atoms with Crippen molar-refractivity contribution < 1.29 is 19.1 Å². The van der Waals surface area contributed by atoms with Gasteiger partial charge >= 0.3 is 12.1 Å². The van der Waals surface area contributed by atoms with E-state index in [2.05, 4.69) is 5.32 Å². The Kier molecular flexibility index (Phi) is 9.29. The maximum absolute atomic E-state index is 11.8. The Labute approximate surface area is 133 Å². The molecule has 1 unspecified atom stereocenters. The summed E-state index contributed by atoms with van der Waals surface area (Å²) >= 11 is 0. The zero-order chi connectivity index (χ0) is 16.5. The van der Waals surface area contributed by atoms with Crippen LogP contribution in [0.15, 0.2) is 0 Å². The molecule has 8 heteroatoms. The van der Waals surface area contributed by atoms with E-state index in [1.807, 2.05) is 13.8 Å². The van der Waals surface area contributed by atoms with Gasteiger partial charge in [0, 0.05) is 11.0 Å². The van der Waals surface area contributed by atoms with Gasteiger partial charge in [0.1, 0.15) is 17.7 Å². The van der Waals surface area contributed by atoms with Gasteiger partial charge in [-0.05, 0) is 20.8 Å². The average molecular weight is 334 g/mol. The molecule has 0 aliphatic heterocycles. The van der Waals surface area contributed by atoms with E-state index in [4.69, 9.17) is 14.7 Å². The fraction of sp³-hybridized carbons (Fsp3) is 0.769. The quantitative estimate of drug-likeness (QED) is 0.565. The molecule has 0 fully saturated rings. The lowest BCUT2D eigenvalue weighted by atomic mass is 10.2. The fourth-order valence-electron chi connectivity index (χ4n) is 1.07. The summed E-state index contributed by atoms with van der Waals surface area (Å²) < 4.78 is 9.86. The zero-order valence-corrected chi connectivity index (χ0v) is 14.6. The summed E-state index contributed by atoms with van der Waals surface area (Å²) in [5.74, 6) is -0.300. The second kappa shape index (κ2) is 9.79. The first kappa shape index (κ1) is 19.9. The van der Waals surface area contributed by atoms with Crippen LogP contribution in [0.4, 0.5) is 4.79 Å². The Balaban J connectivity index is 4.53. The summed E-state index contributed by atoms with van der Waals surface area (Å²) in [6, 6.07) is 0.877. The number of nitriles is 1. The summed E-state index contributed by atoms with van der Waals surface area (Å²) in [7, 11) is 3.05. The number of hydrogen-bond acceptors (Lipinski definition) is 7. The monoisotopic (exact) mass is 334 g/mol. The highest BCUT2D eigenvalue weighted by atomic mass is 33.1. The molecule has 1 atom stereocenters. The van der Waals surface area contributed by atoms with Crippen molar-refractivity contribution in [1.82, 2.24) is 5.32 Å². The van der Waals surface area contributed by atoms with Crippen molar-refractivity contribution in [2.75, 3.05) is 12.4 Å². The minimum absolute atomic E-state index is 0.340. The number of ether oxygens (including phenoxy) is 2. The van der Waals surface area contributed by atoms with Gasteiger partial charge < -0.3 is 14.8 Å². The highest BCUT2D eigenvalue weighted by Crippen LogP contribution is 2.27. The van der Waals surface area contributed by atoms with E-state index in [1.54, 1.807) is 37.6 Å². The van der Waals surface area contributed by atoms with Crippen molar-refractivity contribution >= 4 is 33.7 Å². The van der Waals surface area contributed by atoms with Crippen LogP contribution in [0.2, 0.25) is 0 Å². The lowest BCUT2D eigenvalue weighted by Gasteiger charge is -2.22. The molecule has 0 radical (unpaired) electrons. The maximum Gasteiger partial charge on any atom is 0.408 e. The number of carbonyl (C=O) groups is 2. The van der Waals surface area contributed by atoms with Crippen molar-refractivity contribution in [1.29, 1.82) is 5.26 Å². The summed E-state index contributed by atoms with van der Waals surface area (Å²) in [4.78, 5) is 23.5. The third-order valence-electron chi connectivity index (χ3n) is 1.75. The number of hydrogen-bond donors (Lipinski definition) is 1. The molecule has 1 N–H and O–H groups in total. The maximum atomic E-state index is 11.8. The summed E-state index contributed by atoms with van der Waals surface area (Å²) in [5.41, 5.74) is -0.648. The molecule has 1 amide bonds. The fourth-order valence-corrected chi connectivity index (χ4v) is 3.23. The molecule has 0 spiro atoms. The third kappa shape index (κ3) is 11.3. The van der Waals surface area contributed by atoms with Crippen molar-refractivity contribution in [3.63, 3.8) is 0 Å². The van der Waals surface area contributed by atoms with Gasteiger partial charge in [0.05, 0.1) is 0 Å². The van der Waals surface area contributed by atoms with Crippen LogP contribution in [0.5, 0.6) is 0 Å². The average Bonchev–Trinajstić information content (AvgIpc) is 2.32. The lowest BCUT2D eigenvalue weighted by Crippen LogP contribution is -2.45. The van der Waals surface area contributed by atoms with Gasteiger partial charge in [-0.2, -0.15) is 5.26 Å². The molecule has 0 bridgehead atoms. The Morgan fingerprint density at radius 3 is 2.43 bits per heavy atom. The number of amides is 1. The van der Waals surface area contributed by atoms with Gasteiger partial charge in [0.2, 0.25) is 0 Å². The standard InChI is InChI=1S/C13H22N2O4S2/c1-9(2)21-20-8-10(11(16)18-7-6-14)15-12(17)19-13(3,4)5/h9-10H,7-8H2,1-5H3,(H,15,17). The zero-order valence-electron chi connectivity index (χ0n) is 13.0. The van der Waals surface area contributed by atoms with Crippen molar-refractivity contribution in [3.05, 3.63) is 0 Å². The molecule has 0 aliphatic carbocycles. The molecule has 120 valence electrons. The number of alkyl carbamates (subject to hydrolysis) is 1. The van der Waals surface area contributed by atoms with Crippen LogP contribution in [-0.4, -0.2) is 41.3 Å². The number of esters is 1. The van der Waals surface area contributed by atoms with Crippen LogP contribution >= 0.6 is 21.6 Å². The van der Waals surface area contributed by atoms with Crippen molar-refractivity contribution in [2.45, 2.75) is 51.5 Å². The van der Waals surface area contributed by atoms with Crippen LogP contribution in [0.3, 0.4) is 0 Å². The van der Waals surface area contributed by atoms with E-state index in [-0.39, 0.29) is 6.61 Å². The molecule has 0 saturated heterocycles. The molecule has 6 nitrogen and oxygen atoms in total. The van der Waals surface area contributed by atoms with Crippen LogP contribution in [0, 0.1) is 11.3 Å². The number of nitrogens with zero attached hydrogens (tertiary/aromatic N) is 1. The van der Waals surface area contributed by atoms with E-state index in [0.717, 1.165) is 0 Å². The molecular formula is C13H22N2O4S2. The minimum Gasteiger partial charge on any atom is -0.449 e. The van der Waals surface area contributed by atoms with E-state index in [1.165, 1.54) is 10.8 Å². The predicted molar refractivity (Wildman–Crippen MR) is 84.9 cm³/mol. The molecule has 0 heterocycles. The number of rotatable bonds is 7. The van der Waals surface area contributed by atoms with Crippen LogP contribution < -0.4 is 5.32 Å². The Morgan fingerprint density at radius 1 is 1.33 bits per heavy atom. The Morgan fingerprint density at radius 2 is 1.95 bits per heavy atom. The number of nitrogens with one attached hydrogen (secondary N) is 1. The second-order valence-electron chi connectivity index (χ2n) is 5.39. The highest BCUT2D eigenvalue weighted by Gasteiger charge is 2.25. The second-order valence-corrected chi connectivity index (χ2v) is 8.38. The lowest BCUT2D eigenvalue weighted by molar-refractivity contribution is -0.144. The molecule has 0 aromatic carbocycles. The normalized spacial score (nSPS) is 12.4. The van der Waals surface area contributed by atoms with Crippen molar-refractivity contribution in [3.8, 4) is 6.07 Å². The summed E-state index contributed by atoms with van der Waals surface area (Å²) in [5, 5.41) is 11.3. The van der Waals surface area contributed by atoms with E-state index in [9.17, 15) is 9.59 Å². The van der Waals surface area contributed by atoms with Gasteiger partial charge in [-0.25, -0.2) is 9.59 Å². The highest BCUT2D eigenvalue weighted by molar-refractivity contribution is 8.76. The van der Waals surface area contributed by atoms with Gasteiger partial charge in [0.15, 0.2) is 6.61 Å². The van der Waals surface area contributed by atoms with Gasteiger partial charge in [-0.15, -0.1) is 0 Å². The van der Waals surface area contributed by atoms with Crippen LogP contribution in [-0.2, 0) is 14.3 Å². The van der Waals surface area contributed by atoms with Gasteiger partial charge in [-0.3, -0.25) is 0 Å². The molecule has 0 aromatic rings. The SMILES string of the molecule is CC(C)SSCC(NC(=O)OC(C)(C)C)C(=O)OCC#N. The predicted octanol–water partition coefficient (Wildman–Crippen LogP) is 2.74. The van der Waals surface area contributed by atoms with Gasteiger partial charge in [0.25, 0.3) is 0 Å². The summed E-state index contributed by atoms with van der Waals surface area (Å²) in [6.07, 6.45) is -0.684. The van der Waals surface area contributed by atoms with Crippen LogP contribution in [0.25, 0.3) is 0 Å². The smallest absolute Gasteiger partial charge is 0.408 e. The van der Waals surface area contributed by atoms with E-state index < -0.39 is 23.7 Å². The molecular weight excluding hydrogens is 312 g/mol. The Hall–Kier alpha value is -1.07. The molecule has 0 saturated carbocycles. The Bertz CT molecular complexity index is 389. The topological polar surface area (TPSA) is 88.4 Å². The van der Waals surface area contributed by atoms with E-state index >= 15 is 0 Å².